The molecule has 4 nitrogen and oxygen atoms in total. The molecule has 0 aromatic heterocycles. The zero-order valence-electron chi connectivity index (χ0n) is 14.2. The van der Waals surface area contributed by atoms with E-state index in [0.717, 1.165) is 11.1 Å². The number of benzene rings is 2. The summed E-state index contributed by atoms with van der Waals surface area (Å²) >= 11 is 0. The first-order chi connectivity index (χ1) is 11.6. The maximum Gasteiger partial charge on any atom is 0.242 e. The highest BCUT2D eigenvalue weighted by molar-refractivity contribution is 5.88. The molecule has 1 N–H and O–H groups in total. The molecule has 0 radical (unpaired) electrons. The van der Waals surface area contributed by atoms with E-state index in [4.69, 9.17) is 0 Å². The van der Waals surface area contributed by atoms with Crippen LogP contribution in [0.2, 0.25) is 0 Å². The van der Waals surface area contributed by atoms with E-state index in [1.54, 1.807) is 11.8 Å². The van der Waals surface area contributed by atoms with E-state index >= 15 is 0 Å². The molecule has 0 saturated heterocycles. The number of nitrogens with one attached hydrogen (secondary N) is 1. The van der Waals surface area contributed by atoms with Crippen LogP contribution in [0.25, 0.3) is 0 Å². The predicted molar refractivity (Wildman–Crippen MR) is 95.3 cm³/mol. The zero-order valence-corrected chi connectivity index (χ0v) is 14.2. The second kappa shape index (κ2) is 8.87. The van der Waals surface area contributed by atoms with Gasteiger partial charge in [0.05, 0.1) is 6.42 Å². The Morgan fingerprint density at radius 2 is 1.50 bits per heavy atom. The fraction of sp³-hybridized carbons (Fsp3) is 0.300. The molecule has 2 amide bonds. The minimum Gasteiger partial charge on any atom is -0.355 e. The van der Waals surface area contributed by atoms with Crippen LogP contribution in [0.3, 0.4) is 0 Å². The average Bonchev–Trinajstić information content (AvgIpc) is 2.61. The highest BCUT2D eigenvalue weighted by atomic mass is 16.2. The van der Waals surface area contributed by atoms with E-state index < -0.39 is 6.04 Å². The standard InChI is InChI=1S/C20H24N2O2/c1-3-21-20(24)16(2)22(15-18-12-8-5-9-13-18)19(23)14-17-10-6-4-7-11-17/h4-13,16H,3,14-15H2,1-2H3,(H,21,24)/t16-/m1/s1. The van der Waals surface area contributed by atoms with Crippen molar-refractivity contribution in [2.45, 2.75) is 32.9 Å². The van der Waals surface area contributed by atoms with E-state index in [2.05, 4.69) is 5.32 Å². The summed E-state index contributed by atoms with van der Waals surface area (Å²) in [5, 5.41) is 2.80. The Kier molecular flexibility index (Phi) is 6.55. The fourth-order valence-corrected chi connectivity index (χ4v) is 2.56. The van der Waals surface area contributed by atoms with Crippen molar-refractivity contribution in [1.82, 2.24) is 10.2 Å². The van der Waals surface area contributed by atoms with Crippen molar-refractivity contribution in [2.24, 2.45) is 0 Å². The van der Waals surface area contributed by atoms with Crippen LogP contribution in [-0.2, 0) is 22.6 Å². The van der Waals surface area contributed by atoms with Crippen LogP contribution < -0.4 is 5.32 Å². The van der Waals surface area contributed by atoms with Gasteiger partial charge in [-0.1, -0.05) is 60.7 Å². The summed E-state index contributed by atoms with van der Waals surface area (Å²) in [5.74, 6) is -0.182. The van der Waals surface area contributed by atoms with Gasteiger partial charge in [0.2, 0.25) is 11.8 Å². The second-order valence-electron chi connectivity index (χ2n) is 5.74. The number of likely N-dealkylation sites (N-methyl/N-ethyl adjacent to an activating group) is 1. The third-order valence-corrected chi connectivity index (χ3v) is 3.91. The summed E-state index contributed by atoms with van der Waals surface area (Å²) < 4.78 is 0. The molecule has 2 rings (SSSR count). The van der Waals surface area contributed by atoms with E-state index in [9.17, 15) is 9.59 Å². The third kappa shape index (κ3) is 4.95. The first-order valence-electron chi connectivity index (χ1n) is 8.26. The maximum atomic E-state index is 12.8. The van der Waals surface area contributed by atoms with Crippen LogP contribution in [-0.4, -0.2) is 29.3 Å². The van der Waals surface area contributed by atoms with Crippen LogP contribution >= 0.6 is 0 Å². The Morgan fingerprint density at radius 3 is 2.04 bits per heavy atom. The summed E-state index contributed by atoms with van der Waals surface area (Å²) in [6.07, 6.45) is 0.289. The number of hydrogen-bond donors (Lipinski definition) is 1. The predicted octanol–water partition coefficient (Wildman–Crippen LogP) is 2.78. The molecule has 0 spiro atoms. The molecule has 4 heteroatoms. The summed E-state index contributed by atoms with van der Waals surface area (Å²) in [7, 11) is 0. The van der Waals surface area contributed by atoms with Crippen LogP contribution in [0.5, 0.6) is 0 Å². The monoisotopic (exact) mass is 324 g/mol. The summed E-state index contributed by atoms with van der Waals surface area (Å²) in [6, 6.07) is 18.8. The van der Waals surface area contributed by atoms with Gasteiger partial charge in [-0.25, -0.2) is 0 Å². The van der Waals surface area contributed by atoms with Gasteiger partial charge in [0.25, 0.3) is 0 Å². The molecule has 2 aromatic carbocycles. The minimum atomic E-state index is -0.513. The van der Waals surface area contributed by atoms with Gasteiger partial charge in [-0.05, 0) is 25.0 Å². The minimum absolute atomic E-state index is 0.0520. The van der Waals surface area contributed by atoms with Gasteiger partial charge < -0.3 is 10.2 Å². The molecule has 0 aliphatic heterocycles. The zero-order chi connectivity index (χ0) is 17.4. The topological polar surface area (TPSA) is 49.4 Å². The van der Waals surface area contributed by atoms with Crippen molar-refractivity contribution in [3.63, 3.8) is 0 Å². The highest BCUT2D eigenvalue weighted by Gasteiger charge is 2.25. The molecule has 0 unspecified atom stereocenters. The molecule has 0 saturated carbocycles. The lowest BCUT2D eigenvalue weighted by molar-refractivity contribution is -0.140. The Bertz CT molecular complexity index is 656. The molecule has 0 bridgehead atoms. The number of rotatable bonds is 7. The van der Waals surface area contributed by atoms with Crippen molar-refractivity contribution in [3.8, 4) is 0 Å². The Labute approximate surface area is 143 Å². The lowest BCUT2D eigenvalue weighted by atomic mass is 10.1. The normalized spacial score (nSPS) is 11.6. The van der Waals surface area contributed by atoms with Crippen molar-refractivity contribution in [2.75, 3.05) is 6.54 Å². The van der Waals surface area contributed by atoms with Gasteiger partial charge in [0.15, 0.2) is 0 Å². The summed E-state index contributed by atoms with van der Waals surface area (Å²) in [6.45, 7) is 4.62. The second-order valence-corrected chi connectivity index (χ2v) is 5.74. The Hall–Kier alpha value is -2.62. The lowest BCUT2D eigenvalue weighted by Gasteiger charge is -2.28. The van der Waals surface area contributed by atoms with Crippen LogP contribution in [0.4, 0.5) is 0 Å². The number of carbonyl (C=O) groups is 2. The molecule has 0 heterocycles. The molecule has 2 aromatic rings. The molecular weight excluding hydrogens is 300 g/mol. The molecule has 0 fully saturated rings. The first kappa shape index (κ1) is 17.7. The van der Waals surface area contributed by atoms with Gasteiger partial charge >= 0.3 is 0 Å². The van der Waals surface area contributed by atoms with Crippen molar-refractivity contribution < 1.29 is 9.59 Å². The van der Waals surface area contributed by atoms with E-state index in [1.807, 2.05) is 67.6 Å². The van der Waals surface area contributed by atoms with Crippen molar-refractivity contribution in [1.29, 1.82) is 0 Å². The van der Waals surface area contributed by atoms with Gasteiger partial charge in [-0.2, -0.15) is 0 Å². The van der Waals surface area contributed by atoms with E-state index in [1.165, 1.54) is 0 Å². The maximum absolute atomic E-state index is 12.8. The van der Waals surface area contributed by atoms with E-state index in [-0.39, 0.29) is 18.2 Å². The molecule has 0 aliphatic carbocycles. The fourth-order valence-electron chi connectivity index (χ4n) is 2.56. The molecule has 126 valence electrons. The summed E-state index contributed by atoms with van der Waals surface area (Å²) in [5.41, 5.74) is 1.96. The Balaban J connectivity index is 2.17. The SMILES string of the molecule is CCNC(=O)[C@@H](C)N(Cc1ccccc1)C(=O)Cc1ccccc1. The number of amides is 2. The Morgan fingerprint density at radius 1 is 0.958 bits per heavy atom. The van der Waals surface area contributed by atoms with Crippen LogP contribution in [0.15, 0.2) is 60.7 Å². The lowest BCUT2D eigenvalue weighted by Crippen LogP contribution is -2.48. The number of carbonyl (C=O) groups excluding carboxylic acids is 2. The number of hydrogen-bond acceptors (Lipinski definition) is 2. The average molecular weight is 324 g/mol. The highest BCUT2D eigenvalue weighted by Crippen LogP contribution is 2.12. The van der Waals surface area contributed by atoms with Gasteiger partial charge in [-0.15, -0.1) is 0 Å². The van der Waals surface area contributed by atoms with Gasteiger partial charge in [0.1, 0.15) is 6.04 Å². The smallest absolute Gasteiger partial charge is 0.242 e. The molecule has 0 aliphatic rings. The molecule has 1 atom stereocenters. The first-order valence-corrected chi connectivity index (χ1v) is 8.26. The summed E-state index contributed by atoms with van der Waals surface area (Å²) in [4.78, 5) is 26.7. The van der Waals surface area contributed by atoms with Crippen LogP contribution in [0.1, 0.15) is 25.0 Å². The third-order valence-electron chi connectivity index (χ3n) is 3.91. The largest absolute Gasteiger partial charge is 0.355 e. The van der Waals surface area contributed by atoms with Gasteiger partial charge in [-0.3, -0.25) is 9.59 Å². The van der Waals surface area contributed by atoms with Gasteiger partial charge in [0, 0.05) is 13.1 Å². The number of nitrogens with zero attached hydrogens (tertiary/aromatic N) is 1. The van der Waals surface area contributed by atoms with Crippen LogP contribution in [0, 0.1) is 0 Å². The quantitative estimate of drug-likeness (QED) is 0.851. The molecule has 24 heavy (non-hydrogen) atoms. The van der Waals surface area contributed by atoms with Crippen molar-refractivity contribution in [3.05, 3.63) is 71.8 Å². The van der Waals surface area contributed by atoms with E-state index in [0.29, 0.717) is 13.1 Å². The van der Waals surface area contributed by atoms with Crippen molar-refractivity contribution >= 4 is 11.8 Å². The molecular formula is C20H24N2O2.